The molecule has 0 bridgehead atoms. The van der Waals surface area contributed by atoms with Crippen LogP contribution in [0.2, 0.25) is 0 Å². The molecule has 2 amide bonds. The Kier molecular flexibility index (Phi) is 4.87. The molecule has 17 heavy (non-hydrogen) atoms. The number of amides is 2. The molecule has 5 heteroatoms. The number of carbonyl (C=O) groups is 2. The van der Waals surface area contributed by atoms with E-state index in [9.17, 15) is 9.59 Å². The molecule has 0 radical (unpaired) electrons. The van der Waals surface area contributed by atoms with Crippen molar-refractivity contribution in [3.05, 3.63) is 35.9 Å². The van der Waals surface area contributed by atoms with Gasteiger partial charge in [-0.3, -0.25) is 25.6 Å². The van der Waals surface area contributed by atoms with Gasteiger partial charge in [-0.1, -0.05) is 25.1 Å². The van der Waals surface area contributed by atoms with Crippen molar-refractivity contribution in [1.29, 1.82) is 5.41 Å². The summed E-state index contributed by atoms with van der Waals surface area (Å²) >= 11 is 0. The van der Waals surface area contributed by atoms with Gasteiger partial charge in [0.25, 0.3) is 5.91 Å². The summed E-state index contributed by atoms with van der Waals surface area (Å²) < 4.78 is 0. The summed E-state index contributed by atoms with van der Waals surface area (Å²) in [5.74, 6) is -0.976. The third kappa shape index (κ3) is 4.46. The van der Waals surface area contributed by atoms with Gasteiger partial charge in [0.1, 0.15) is 0 Å². The Bertz CT molecular complexity index is 415. The van der Waals surface area contributed by atoms with E-state index in [1.807, 2.05) is 6.92 Å². The fraction of sp³-hybridized carbons (Fsp3) is 0.250. The van der Waals surface area contributed by atoms with Crippen LogP contribution in [-0.2, 0) is 4.79 Å². The zero-order valence-electron chi connectivity index (χ0n) is 9.62. The van der Waals surface area contributed by atoms with Crippen LogP contribution in [-0.4, -0.2) is 17.8 Å². The molecule has 1 rings (SSSR count). The molecule has 0 spiro atoms. The highest BCUT2D eigenvalue weighted by atomic mass is 16.2. The van der Waals surface area contributed by atoms with Crippen molar-refractivity contribution in [2.24, 2.45) is 0 Å². The van der Waals surface area contributed by atoms with E-state index in [4.69, 9.17) is 5.41 Å². The van der Waals surface area contributed by atoms with E-state index in [1.54, 1.807) is 30.3 Å². The first-order chi connectivity index (χ1) is 8.13. The molecule has 0 saturated carbocycles. The number of benzene rings is 1. The predicted octanol–water partition coefficient (Wildman–Crippen LogP) is 1.27. The first kappa shape index (κ1) is 12.9. The quantitative estimate of drug-likeness (QED) is 0.542. The lowest BCUT2D eigenvalue weighted by Gasteiger charge is -2.07. The minimum absolute atomic E-state index is 0.272. The number of nitrogens with one attached hydrogen (secondary N) is 3. The molecule has 0 atom stereocenters. The lowest BCUT2D eigenvalue weighted by molar-refractivity contribution is -0.119. The van der Waals surface area contributed by atoms with E-state index < -0.39 is 5.91 Å². The molecule has 0 aliphatic heterocycles. The van der Waals surface area contributed by atoms with Crippen LogP contribution in [0.3, 0.4) is 0 Å². The second-order valence-corrected chi connectivity index (χ2v) is 3.49. The number of rotatable bonds is 3. The third-order valence-corrected chi connectivity index (χ3v) is 2.02. The topological polar surface area (TPSA) is 82.1 Å². The minimum atomic E-state index is -0.410. The summed E-state index contributed by atoms with van der Waals surface area (Å²) in [6.45, 7) is 1.87. The normalized spacial score (nSPS) is 9.47. The van der Waals surface area contributed by atoms with E-state index in [-0.39, 0.29) is 11.9 Å². The van der Waals surface area contributed by atoms with Crippen LogP contribution >= 0.6 is 0 Å². The molecule has 3 N–H and O–H groups in total. The molecular weight excluding hydrogens is 218 g/mol. The molecule has 0 unspecified atom stereocenters. The third-order valence-electron chi connectivity index (χ3n) is 2.02. The smallest absolute Gasteiger partial charge is 0.257 e. The molecular formula is C12H15N3O2. The maximum Gasteiger partial charge on any atom is 0.257 e. The maximum absolute atomic E-state index is 11.6. The fourth-order valence-corrected chi connectivity index (χ4v) is 1.24. The van der Waals surface area contributed by atoms with Gasteiger partial charge in [0.15, 0.2) is 0 Å². The first-order valence-corrected chi connectivity index (χ1v) is 5.38. The van der Waals surface area contributed by atoms with Crippen LogP contribution in [0.4, 0.5) is 0 Å². The van der Waals surface area contributed by atoms with Crippen LogP contribution in [0.1, 0.15) is 30.1 Å². The molecule has 1 aromatic carbocycles. The first-order valence-electron chi connectivity index (χ1n) is 5.38. The van der Waals surface area contributed by atoms with Gasteiger partial charge in [0.2, 0.25) is 11.9 Å². The van der Waals surface area contributed by atoms with Crippen LogP contribution in [0.15, 0.2) is 30.3 Å². The van der Waals surface area contributed by atoms with Crippen molar-refractivity contribution >= 4 is 17.8 Å². The van der Waals surface area contributed by atoms with Crippen LogP contribution < -0.4 is 10.6 Å². The fourth-order valence-electron chi connectivity index (χ4n) is 1.24. The van der Waals surface area contributed by atoms with E-state index in [0.29, 0.717) is 18.4 Å². The lowest BCUT2D eigenvalue weighted by atomic mass is 10.2. The highest BCUT2D eigenvalue weighted by Crippen LogP contribution is 1.97. The molecule has 1 aromatic rings. The van der Waals surface area contributed by atoms with Crippen LogP contribution in [0.5, 0.6) is 0 Å². The molecule has 5 nitrogen and oxygen atoms in total. The standard InChI is InChI=1S/C12H15N3O2/c1-2-6-10(16)14-12(13)15-11(17)9-7-4-3-5-8-9/h3-5,7-8H,2,6H2,1H3,(H3,13,14,15,16,17). The van der Waals surface area contributed by atoms with E-state index in [2.05, 4.69) is 10.6 Å². The van der Waals surface area contributed by atoms with E-state index in [1.165, 1.54) is 0 Å². The number of hydrogen-bond donors (Lipinski definition) is 3. The molecule has 0 fully saturated rings. The van der Waals surface area contributed by atoms with Crippen molar-refractivity contribution in [3.8, 4) is 0 Å². The van der Waals surface area contributed by atoms with Gasteiger partial charge in [-0.05, 0) is 18.6 Å². The van der Waals surface area contributed by atoms with E-state index >= 15 is 0 Å². The van der Waals surface area contributed by atoms with Gasteiger partial charge in [0, 0.05) is 12.0 Å². The molecule has 0 aliphatic rings. The Morgan fingerprint density at radius 1 is 1.18 bits per heavy atom. The highest BCUT2D eigenvalue weighted by Gasteiger charge is 2.08. The molecule has 0 saturated heterocycles. The molecule has 0 aliphatic carbocycles. The second-order valence-electron chi connectivity index (χ2n) is 3.49. The monoisotopic (exact) mass is 233 g/mol. The van der Waals surface area contributed by atoms with Crippen molar-refractivity contribution < 1.29 is 9.59 Å². The van der Waals surface area contributed by atoms with Crippen molar-refractivity contribution in [2.45, 2.75) is 19.8 Å². The Morgan fingerprint density at radius 3 is 2.41 bits per heavy atom. The SMILES string of the molecule is CCCC(=O)NC(=N)NC(=O)c1ccccc1. The van der Waals surface area contributed by atoms with Crippen molar-refractivity contribution in [1.82, 2.24) is 10.6 Å². The summed E-state index contributed by atoms with van der Waals surface area (Å²) in [5.41, 5.74) is 0.446. The average Bonchev–Trinajstić information content (AvgIpc) is 2.30. The Hall–Kier alpha value is -2.17. The largest absolute Gasteiger partial charge is 0.297 e. The highest BCUT2D eigenvalue weighted by molar-refractivity contribution is 6.08. The van der Waals surface area contributed by atoms with Gasteiger partial charge >= 0.3 is 0 Å². The average molecular weight is 233 g/mol. The Labute approximate surface area is 99.7 Å². The van der Waals surface area contributed by atoms with Gasteiger partial charge in [-0.2, -0.15) is 0 Å². The summed E-state index contributed by atoms with van der Waals surface area (Å²) in [6, 6.07) is 8.53. The van der Waals surface area contributed by atoms with Gasteiger partial charge in [-0.15, -0.1) is 0 Å². The summed E-state index contributed by atoms with van der Waals surface area (Å²) in [4.78, 5) is 22.8. The zero-order chi connectivity index (χ0) is 12.7. The molecule has 0 heterocycles. The number of carbonyl (C=O) groups excluding carboxylic acids is 2. The summed E-state index contributed by atoms with van der Waals surface area (Å²) in [5, 5.41) is 12.0. The van der Waals surface area contributed by atoms with Crippen molar-refractivity contribution in [3.63, 3.8) is 0 Å². The number of hydrogen-bond acceptors (Lipinski definition) is 3. The van der Waals surface area contributed by atoms with Gasteiger partial charge < -0.3 is 0 Å². The summed E-state index contributed by atoms with van der Waals surface area (Å²) in [6.07, 6.45) is 1.04. The zero-order valence-corrected chi connectivity index (χ0v) is 9.62. The maximum atomic E-state index is 11.6. The minimum Gasteiger partial charge on any atom is -0.297 e. The van der Waals surface area contributed by atoms with Crippen molar-refractivity contribution in [2.75, 3.05) is 0 Å². The lowest BCUT2D eigenvalue weighted by Crippen LogP contribution is -2.42. The van der Waals surface area contributed by atoms with Gasteiger partial charge in [0.05, 0.1) is 0 Å². The second kappa shape index (κ2) is 6.42. The molecule has 90 valence electrons. The predicted molar refractivity (Wildman–Crippen MR) is 64.7 cm³/mol. The Balaban J connectivity index is 2.47. The summed E-state index contributed by atoms with van der Waals surface area (Å²) in [7, 11) is 0. The Morgan fingerprint density at radius 2 is 1.82 bits per heavy atom. The van der Waals surface area contributed by atoms with E-state index in [0.717, 1.165) is 0 Å². The van der Waals surface area contributed by atoms with Crippen LogP contribution in [0, 0.1) is 5.41 Å². The number of guanidine groups is 1. The molecule has 0 aromatic heterocycles. The van der Waals surface area contributed by atoms with Crippen LogP contribution in [0.25, 0.3) is 0 Å². The van der Waals surface area contributed by atoms with Gasteiger partial charge in [-0.25, -0.2) is 0 Å².